The molecule has 2 aromatic carbocycles. The Labute approximate surface area is 175 Å². The Morgan fingerprint density at radius 1 is 1.03 bits per heavy atom. The molecule has 30 heavy (non-hydrogen) atoms. The SMILES string of the molecule is COC12N(c3ccc([N+](=O)[O-])cc3)N=C(c3ccccc3)N1[C@]1(C)CC=CC[C@]21C. The lowest BCUT2D eigenvalue weighted by Gasteiger charge is -2.74. The minimum atomic E-state index is -0.812. The molecule has 3 atom stereocenters. The van der Waals surface area contributed by atoms with Crippen LogP contribution >= 0.6 is 0 Å². The number of amidine groups is 1. The Morgan fingerprint density at radius 2 is 1.70 bits per heavy atom. The predicted octanol–water partition coefficient (Wildman–Crippen LogP) is 4.51. The number of anilines is 1. The molecule has 2 aliphatic heterocycles. The number of hydrogen-bond donors (Lipinski definition) is 0. The number of fused-ring (bicyclic) bond motifs is 4. The Balaban J connectivity index is 1.70. The lowest BCUT2D eigenvalue weighted by molar-refractivity contribution is -0.384. The van der Waals surface area contributed by atoms with Gasteiger partial charge in [-0.3, -0.25) is 10.1 Å². The summed E-state index contributed by atoms with van der Waals surface area (Å²) in [7, 11) is 1.72. The Morgan fingerprint density at radius 3 is 2.33 bits per heavy atom. The summed E-state index contributed by atoms with van der Waals surface area (Å²) in [5, 5.41) is 18.1. The first kappa shape index (κ1) is 18.8. The van der Waals surface area contributed by atoms with E-state index in [0.717, 1.165) is 29.9 Å². The van der Waals surface area contributed by atoms with Crippen LogP contribution in [0.1, 0.15) is 32.3 Å². The van der Waals surface area contributed by atoms with E-state index in [9.17, 15) is 10.1 Å². The molecule has 3 aliphatic rings. The minimum Gasteiger partial charge on any atom is -0.339 e. The standard InChI is InChI=1S/C23H24N4O3/c1-21-15-7-8-16-22(21,2)25-20(17-9-5-4-6-10-17)24-26(23(21,25)30-3)18-11-13-19(14-12-18)27(28)29/h4-14H,15-16H2,1-3H3/t21-,22+,23?/m0/s1. The number of rotatable bonds is 4. The number of nitro groups is 1. The van der Waals surface area contributed by atoms with Gasteiger partial charge in [-0.05, 0) is 31.9 Å². The maximum atomic E-state index is 11.1. The van der Waals surface area contributed by atoms with Gasteiger partial charge in [0.1, 0.15) is 0 Å². The summed E-state index contributed by atoms with van der Waals surface area (Å²) in [5.41, 5.74) is 1.43. The Bertz CT molecular complexity index is 1070. The van der Waals surface area contributed by atoms with Gasteiger partial charge in [-0.25, -0.2) is 5.01 Å². The highest BCUT2D eigenvalue weighted by atomic mass is 16.6. The van der Waals surface area contributed by atoms with E-state index in [1.807, 2.05) is 23.2 Å². The van der Waals surface area contributed by atoms with Gasteiger partial charge in [-0.1, -0.05) is 49.4 Å². The number of non-ortho nitro benzene ring substituents is 1. The molecule has 0 amide bonds. The van der Waals surface area contributed by atoms with Crippen LogP contribution in [0.2, 0.25) is 0 Å². The van der Waals surface area contributed by atoms with Crippen LogP contribution in [0.4, 0.5) is 11.4 Å². The lowest BCUT2D eigenvalue weighted by Crippen LogP contribution is -2.88. The maximum Gasteiger partial charge on any atom is 0.269 e. The highest BCUT2D eigenvalue weighted by Crippen LogP contribution is 2.68. The minimum absolute atomic E-state index is 0.0544. The number of hydrazone groups is 1. The van der Waals surface area contributed by atoms with Crippen LogP contribution in [-0.4, -0.2) is 34.2 Å². The summed E-state index contributed by atoms with van der Waals surface area (Å²) < 4.78 is 6.30. The van der Waals surface area contributed by atoms with Gasteiger partial charge in [0.15, 0.2) is 5.84 Å². The Hall–Kier alpha value is -3.19. The van der Waals surface area contributed by atoms with E-state index in [1.54, 1.807) is 19.2 Å². The maximum absolute atomic E-state index is 11.1. The number of methoxy groups -OCH3 is 1. The third-order valence-electron chi connectivity index (χ3n) is 7.23. The number of benzene rings is 2. The van der Waals surface area contributed by atoms with Gasteiger partial charge in [-0.2, -0.15) is 0 Å². The largest absolute Gasteiger partial charge is 0.339 e. The normalized spacial score (nSPS) is 31.6. The lowest BCUT2D eigenvalue weighted by atomic mass is 9.53. The van der Waals surface area contributed by atoms with E-state index in [4.69, 9.17) is 9.84 Å². The zero-order chi connectivity index (χ0) is 21.1. The van der Waals surface area contributed by atoms with Crippen molar-refractivity contribution in [2.45, 2.75) is 38.1 Å². The molecule has 154 valence electrons. The number of ether oxygens (including phenoxy) is 1. The van der Waals surface area contributed by atoms with E-state index < -0.39 is 10.8 Å². The molecule has 1 unspecified atom stereocenters. The first-order valence-electron chi connectivity index (χ1n) is 10.1. The van der Waals surface area contributed by atoms with Gasteiger partial charge in [0, 0.05) is 24.8 Å². The second-order valence-electron chi connectivity index (χ2n) is 8.51. The molecular formula is C23H24N4O3. The van der Waals surface area contributed by atoms with Gasteiger partial charge in [0.05, 0.1) is 21.6 Å². The molecule has 1 saturated heterocycles. The molecule has 7 nitrogen and oxygen atoms in total. The molecule has 1 fully saturated rings. The van der Waals surface area contributed by atoms with Crippen LogP contribution in [0.25, 0.3) is 0 Å². The quantitative estimate of drug-likeness (QED) is 0.426. The van der Waals surface area contributed by atoms with Crippen molar-refractivity contribution in [2.24, 2.45) is 10.5 Å². The second kappa shape index (κ2) is 6.15. The molecule has 7 heteroatoms. The smallest absolute Gasteiger partial charge is 0.269 e. The first-order chi connectivity index (χ1) is 14.4. The number of nitro benzene ring substituents is 1. The Kier molecular flexibility index (Phi) is 3.86. The predicted molar refractivity (Wildman–Crippen MR) is 115 cm³/mol. The van der Waals surface area contributed by atoms with Gasteiger partial charge >= 0.3 is 0 Å². The molecule has 0 aromatic heterocycles. The van der Waals surface area contributed by atoms with E-state index in [1.165, 1.54) is 12.1 Å². The number of allylic oxidation sites excluding steroid dienone is 1. The monoisotopic (exact) mass is 404 g/mol. The van der Waals surface area contributed by atoms with Crippen LogP contribution in [0, 0.1) is 15.5 Å². The third-order valence-corrected chi connectivity index (χ3v) is 7.23. The van der Waals surface area contributed by atoms with Crippen molar-refractivity contribution < 1.29 is 9.66 Å². The van der Waals surface area contributed by atoms with E-state index in [0.29, 0.717) is 0 Å². The van der Waals surface area contributed by atoms with E-state index in [2.05, 4.69) is 43.0 Å². The third kappa shape index (κ3) is 2.05. The van der Waals surface area contributed by atoms with Crippen molar-refractivity contribution in [3.63, 3.8) is 0 Å². The van der Waals surface area contributed by atoms with Crippen LogP contribution in [-0.2, 0) is 4.74 Å². The molecule has 2 heterocycles. The van der Waals surface area contributed by atoms with Gasteiger partial charge in [0.2, 0.25) is 0 Å². The summed E-state index contributed by atoms with van der Waals surface area (Å²) >= 11 is 0. The zero-order valence-corrected chi connectivity index (χ0v) is 17.3. The summed E-state index contributed by atoms with van der Waals surface area (Å²) in [5.74, 6) is 0.0412. The van der Waals surface area contributed by atoms with Crippen LogP contribution in [0.3, 0.4) is 0 Å². The zero-order valence-electron chi connectivity index (χ0n) is 17.3. The van der Waals surface area contributed by atoms with Crippen LogP contribution in [0.5, 0.6) is 0 Å². The summed E-state index contributed by atoms with van der Waals surface area (Å²) in [6.45, 7) is 4.52. The fourth-order valence-corrected chi connectivity index (χ4v) is 5.47. The fourth-order valence-electron chi connectivity index (χ4n) is 5.47. The fraction of sp³-hybridized carbons (Fsp3) is 0.348. The summed E-state index contributed by atoms with van der Waals surface area (Å²) in [6.07, 6.45) is 6.20. The van der Waals surface area contributed by atoms with Crippen LogP contribution < -0.4 is 5.01 Å². The topological polar surface area (TPSA) is 71.2 Å². The molecule has 0 spiro atoms. The van der Waals surface area contributed by atoms with Crippen molar-refractivity contribution in [1.82, 2.24) is 4.90 Å². The number of hydrogen-bond acceptors (Lipinski definition) is 6. The van der Waals surface area contributed by atoms with E-state index >= 15 is 0 Å². The van der Waals surface area contributed by atoms with Gasteiger partial charge < -0.3 is 9.64 Å². The molecule has 0 N–H and O–H groups in total. The second-order valence-corrected chi connectivity index (χ2v) is 8.51. The van der Waals surface area contributed by atoms with Crippen molar-refractivity contribution in [3.05, 3.63) is 82.4 Å². The molecule has 5 rings (SSSR count). The van der Waals surface area contributed by atoms with Crippen LogP contribution in [0.15, 0.2) is 71.9 Å². The summed E-state index contributed by atoms with van der Waals surface area (Å²) in [4.78, 5) is 13.0. The average Bonchev–Trinajstić information content (AvgIpc) is 3.11. The van der Waals surface area contributed by atoms with Crippen molar-refractivity contribution in [3.8, 4) is 0 Å². The van der Waals surface area contributed by atoms with Crippen molar-refractivity contribution in [2.75, 3.05) is 12.1 Å². The van der Waals surface area contributed by atoms with Gasteiger partial charge in [0.25, 0.3) is 11.5 Å². The van der Waals surface area contributed by atoms with Gasteiger partial charge in [-0.15, -0.1) is 5.10 Å². The number of nitrogens with zero attached hydrogens (tertiary/aromatic N) is 4. The molecular weight excluding hydrogens is 380 g/mol. The average molecular weight is 404 g/mol. The molecule has 2 aromatic rings. The molecule has 0 bridgehead atoms. The van der Waals surface area contributed by atoms with E-state index in [-0.39, 0.29) is 16.6 Å². The molecule has 1 aliphatic carbocycles. The first-order valence-corrected chi connectivity index (χ1v) is 10.1. The summed E-state index contributed by atoms with van der Waals surface area (Å²) in [6, 6.07) is 16.6. The molecule has 0 radical (unpaired) electrons. The van der Waals surface area contributed by atoms with Crippen molar-refractivity contribution >= 4 is 17.2 Å². The molecule has 0 saturated carbocycles. The van der Waals surface area contributed by atoms with Crippen molar-refractivity contribution in [1.29, 1.82) is 0 Å². The highest BCUT2D eigenvalue weighted by Gasteiger charge is 2.81. The highest BCUT2D eigenvalue weighted by molar-refractivity contribution is 6.03.